The SMILES string of the molecule is COc1cc(OC)c(N2C[C@@H](C(=O)NCc3ccc(NC(=O)C4CC4)cc3)CC2=O)cc1Cl. The Hall–Kier alpha value is -3.26. The Kier molecular flexibility index (Phi) is 6.74. The lowest BCUT2D eigenvalue weighted by Gasteiger charge is -2.21. The Morgan fingerprint density at radius 2 is 1.73 bits per heavy atom. The number of carbonyl (C=O) groups excluding carboxylic acids is 3. The van der Waals surface area contributed by atoms with Crippen molar-refractivity contribution in [2.24, 2.45) is 11.8 Å². The normalized spacial score (nSPS) is 17.6. The van der Waals surface area contributed by atoms with Gasteiger partial charge in [-0.25, -0.2) is 0 Å². The molecule has 1 aliphatic carbocycles. The molecule has 33 heavy (non-hydrogen) atoms. The van der Waals surface area contributed by atoms with Gasteiger partial charge in [0.1, 0.15) is 11.5 Å². The van der Waals surface area contributed by atoms with Crippen LogP contribution in [0.3, 0.4) is 0 Å². The van der Waals surface area contributed by atoms with Gasteiger partial charge in [0.15, 0.2) is 0 Å². The smallest absolute Gasteiger partial charge is 0.227 e. The lowest BCUT2D eigenvalue weighted by Crippen LogP contribution is -2.32. The van der Waals surface area contributed by atoms with Gasteiger partial charge in [-0.3, -0.25) is 14.4 Å². The van der Waals surface area contributed by atoms with E-state index in [0.717, 1.165) is 24.1 Å². The molecular weight excluding hydrogens is 446 g/mol. The van der Waals surface area contributed by atoms with Crippen molar-refractivity contribution < 1.29 is 23.9 Å². The van der Waals surface area contributed by atoms with Crippen molar-refractivity contribution in [3.05, 3.63) is 47.0 Å². The quantitative estimate of drug-likeness (QED) is 0.615. The molecule has 8 nitrogen and oxygen atoms in total. The van der Waals surface area contributed by atoms with E-state index in [2.05, 4.69) is 10.6 Å². The zero-order chi connectivity index (χ0) is 23.5. The van der Waals surface area contributed by atoms with E-state index in [1.165, 1.54) is 19.1 Å². The number of nitrogens with one attached hydrogen (secondary N) is 2. The molecule has 2 aliphatic rings. The highest BCUT2D eigenvalue weighted by Gasteiger charge is 2.36. The van der Waals surface area contributed by atoms with E-state index in [-0.39, 0.29) is 36.6 Å². The third-order valence-corrected chi connectivity index (χ3v) is 6.17. The van der Waals surface area contributed by atoms with Gasteiger partial charge in [-0.15, -0.1) is 0 Å². The molecule has 1 heterocycles. The Labute approximate surface area is 197 Å². The third kappa shape index (κ3) is 5.22. The molecule has 9 heteroatoms. The molecule has 2 fully saturated rings. The van der Waals surface area contributed by atoms with Crippen molar-refractivity contribution >= 4 is 40.7 Å². The van der Waals surface area contributed by atoms with Gasteiger partial charge in [0.2, 0.25) is 17.7 Å². The van der Waals surface area contributed by atoms with E-state index < -0.39 is 5.92 Å². The number of benzene rings is 2. The van der Waals surface area contributed by atoms with Crippen molar-refractivity contribution in [1.29, 1.82) is 0 Å². The second-order valence-electron chi connectivity index (χ2n) is 8.24. The fourth-order valence-corrected chi connectivity index (χ4v) is 4.04. The summed E-state index contributed by atoms with van der Waals surface area (Å²) in [4.78, 5) is 38.8. The summed E-state index contributed by atoms with van der Waals surface area (Å²) >= 11 is 6.24. The summed E-state index contributed by atoms with van der Waals surface area (Å²) in [7, 11) is 3.00. The van der Waals surface area contributed by atoms with E-state index in [4.69, 9.17) is 21.1 Å². The van der Waals surface area contributed by atoms with Crippen LogP contribution in [0.1, 0.15) is 24.8 Å². The fourth-order valence-electron chi connectivity index (χ4n) is 3.80. The van der Waals surface area contributed by atoms with Crippen molar-refractivity contribution in [1.82, 2.24) is 5.32 Å². The van der Waals surface area contributed by atoms with Gasteiger partial charge in [0.05, 0.1) is 30.8 Å². The number of methoxy groups -OCH3 is 2. The number of amides is 3. The van der Waals surface area contributed by atoms with E-state index in [1.807, 2.05) is 24.3 Å². The highest BCUT2D eigenvalue weighted by molar-refractivity contribution is 6.32. The average Bonchev–Trinajstić information content (AvgIpc) is 3.60. The Balaban J connectivity index is 1.35. The Bertz CT molecular complexity index is 1070. The largest absolute Gasteiger partial charge is 0.495 e. The molecular formula is C24H26ClN3O5. The predicted molar refractivity (Wildman–Crippen MR) is 125 cm³/mol. The molecule has 1 atom stereocenters. The minimum Gasteiger partial charge on any atom is -0.495 e. The fraction of sp³-hybridized carbons (Fsp3) is 0.375. The maximum atomic E-state index is 12.7. The Morgan fingerprint density at radius 3 is 2.36 bits per heavy atom. The van der Waals surface area contributed by atoms with Crippen LogP contribution in [0.25, 0.3) is 0 Å². The molecule has 2 aromatic rings. The molecule has 1 saturated heterocycles. The molecule has 1 aliphatic heterocycles. The summed E-state index contributed by atoms with van der Waals surface area (Å²) in [5.74, 6) is 0.227. The van der Waals surface area contributed by atoms with E-state index in [1.54, 1.807) is 12.1 Å². The molecule has 3 amide bonds. The van der Waals surface area contributed by atoms with Crippen LogP contribution in [0.5, 0.6) is 11.5 Å². The minimum absolute atomic E-state index is 0.0567. The molecule has 0 aromatic heterocycles. The number of halogens is 1. The minimum atomic E-state index is -0.486. The maximum absolute atomic E-state index is 12.7. The van der Waals surface area contributed by atoms with E-state index in [0.29, 0.717) is 28.8 Å². The monoisotopic (exact) mass is 471 g/mol. The molecule has 0 bridgehead atoms. The van der Waals surface area contributed by atoms with Crippen LogP contribution in [0.2, 0.25) is 5.02 Å². The van der Waals surface area contributed by atoms with Crippen LogP contribution in [0, 0.1) is 11.8 Å². The summed E-state index contributed by atoms with van der Waals surface area (Å²) in [6, 6.07) is 10.6. The highest BCUT2D eigenvalue weighted by atomic mass is 35.5. The topological polar surface area (TPSA) is 97.0 Å². The summed E-state index contributed by atoms with van der Waals surface area (Å²) in [6.45, 7) is 0.563. The second-order valence-corrected chi connectivity index (χ2v) is 8.65. The van der Waals surface area contributed by atoms with Gasteiger partial charge in [0.25, 0.3) is 0 Å². The summed E-state index contributed by atoms with van der Waals surface area (Å²) in [5, 5.41) is 6.14. The number of hydrogen-bond donors (Lipinski definition) is 2. The summed E-state index contributed by atoms with van der Waals surface area (Å²) in [5.41, 5.74) is 2.15. The zero-order valence-electron chi connectivity index (χ0n) is 18.5. The van der Waals surface area contributed by atoms with Gasteiger partial charge in [-0.1, -0.05) is 23.7 Å². The molecule has 2 aromatic carbocycles. The zero-order valence-corrected chi connectivity index (χ0v) is 19.3. The summed E-state index contributed by atoms with van der Waals surface area (Å²) in [6.07, 6.45) is 2.01. The van der Waals surface area contributed by atoms with Crippen molar-refractivity contribution in [3.63, 3.8) is 0 Å². The average molecular weight is 472 g/mol. The van der Waals surface area contributed by atoms with Crippen LogP contribution in [-0.2, 0) is 20.9 Å². The van der Waals surface area contributed by atoms with Gasteiger partial charge < -0.3 is 25.0 Å². The molecule has 174 valence electrons. The first-order chi connectivity index (χ1) is 15.9. The van der Waals surface area contributed by atoms with Crippen LogP contribution in [-0.4, -0.2) is 38.5 Å². The standard InChI is InChI=1S/C24H26ClN3O5/c1-32-20-11-21(33-2)19(10-18(20)25)28-13-16(9-22(28)29)23(30)26-12-14-3-7-17(8-4-14)27-24(31)15-5-6-15/h3-4,7-8,10-11,15-16H,5-6,9,12-13H2,1-2H3,(H,26,30)(H,27,31)/t16-/m0/s1. The van der Waals surface area contributed by atoms with Crippen LogP contribution in [0.15, 0.2) is 36.4 Å². The van der Waals surface area contributed by atoms with Gasteiger partial charge in [-0.05, 0) is 36.6 Å². The second kappa shape index (κ2) is 9.70. The first kappa shape index (κ1) is 22.9. The highest BCUT2D eigenvalue weighted by Crippen LogP contribution is 2.40. The third-order valence-electron chi connectivity index (χ3n) is 5.88. The maximum Gasteiger partial charge on any atom is 0.227 e. The number of hydrogen-bond acceptors (Lipinski definition) is 5. The van der Waals surface area contributed by atoms with Crippen molar-refractivity contribution in [3.8, 4) is 11.5 Å². The van der Waals surface area contributed by atoms with Gasteiger partial charge in [-0.2, -0.15) is 0 Å². The van der Waals surface area contributed by atoms with Crippen LogP contribution < -0.4 is 25.0 Å². The lowest BCUT2D eigenvalue weighted by molar-refractivity contribution is -0.126. The van der Waals surface area contributed by atoms with Crippen LogP contribution in [0.4, 0.5) is 11.4 Å². The molecule has 0 spiro atoms. The lowest BCUT2D eigenvalue weighted by atomic mass is 10.1. The van der Waals surface area contributed by atoms with Gasteiger partial charge in [0, 0.05) is 37.2 Å². The number of nitrogens with zero attached hydrogens (tertiary/aromatic N) is 1. The van der Waals surface area contributed by atoms with Gasteiger partial charge >= 0.3 is 0 Å². The first-order valence-corrected chi connectivity index (χ1v) is 11.2. The number of carbonyl (C=O) groups is 3. The Morgan fingerprint density at radius 1 is 1.03 bits per heavy atom. The van der Waals surface area contributed by atoms with Crippen molar-refractivity contribution in [2.45, 2.75) is 25.8 Å². The molecule has 1 saturated carbocycles. The summed E-state index contributed by atoms with van der Waals surface area (Å²) < 4.78 is 10.6. The molecule has 4 rings (SSSR count). The number of ether oxygens (including phenoxy) is 2. The molecule has 0 unspecified atom stereocenters. The number of rotatable bonds is 8. The molecule has 0 radical (unpaired) electrons. The van der Waals surface area contributed by atoms with E-state index >= 15 is 0 Å². The van der Waals surface area contributed by atoms with Crippen LogP contribution >= 0.6 is 11.6 Å². The molecule has 2 N–H and O–H groups in total. The van der Waals surface area contributed by atoms with E-state index in [9.17, 15) is 14.4 Å². The number of anilines is 2. The van der Waals surface area contributed by atoms with Crippen molar-refractivity contribution in [2.75, 3.05) is 31.0 Å². The predicted octanol–water partition coefficient (Wildman–Crippen LogP) is 3.38. The first-order valence-electron chi connectivity index (χ1n) is 10.8.